The predicted molar refractivity (Wildman–Crippen MR) is 95.1 cm³/mol. The van der Waals surface area contributed by atoms with Gasteiger partial charge in [0.15, 0.2) is 0 Å². The summed E-state index contributed by atoms with van der Waals surface area (Å²) in [7, 11) is 0. The number of amides is 2. The number of anilines is 1. The van der Waals surface area contributed by atoms with E-state index in [1.807, 2.05) is 0 Å². The summed E-state index contributed by atoms with van der Waals surface area (Å²) in [6.45, 7) is 0. The van der Waals surface area contributed by atoms with Gasteiger partial charge in [-0.2, -0.15) is 5.26 Å². The Kier molecular flexibility index (Phi) is 3.40. The van der Waals surface area contributed by atoms with Gasteiger partial charge in [-0.25, -0.2) is 4.90 Å². The number of nitriles is 1. The van der Waals surface area contributed by atoms with Crippen LogP contribution in [-0.2, 0) is 22.4 Å². The number of aryl methyl sites for hydroxylation is 1. The molecule has 0 radical (unpaired) electrons. The third-order valence-electron chi connectivity index (χ3n) is 6.44. The number of fused-ring (bicyclic) bond motifs is 6. The molecule has 128 valence electrons. The van der Waals surface area contributed by atoms with Crippen molar-refractivity contribution >= 4 is 28.2 Å². The maximum Gasteiger partial charge on any atom is 0.238 e. The first-order valence-corrected chi connectivity index (χ1v) is 10.1. The molecule has 0 aromatic carbocycles. The van der Waals surface area contributed by atoms with Crippen molar-refractivity contribution in [2.24, 2.45) is 23.7 Å². The molecule has 1 saturated heterocycles. The van der Waals surface area contributed by atoms with Crippen molar-refractivity contribution in [1.29, 1.82) is 5.26 Å². The summed E-state index contributed by atoms with van der Waals surface area (Å²) in [5.74, 6) is -0.112. The lowest BCUT2D eigenvalue weighted by Crippen LogP contribution is -2.32. The van der Waals surface area contributed by atoms with Gasteiger partial charge in [-0.3, -0.25) is 9.59 Å². The molecule has 3 aliphatic carbocycles. The van der Waals surface area contributed by atoms with E-state index < -0.39 is 0 Å². The molecule has 0 N–H and O–H groups in total. The van der Waals surface area contributed by atoms with Crippen molar-refractivity contribution < 1.29 is 9.59 Å². The van der Waals surface area contributed by atoms with E-state index in [2.05, 4.69) is 18.2 Å². The molecule has 1 aliphatic heterocycles. The lowest BCUT2D eigenvalue weighted by Gasteiger charge is -2.15. The van der Waals surface area contributed by atoms with Crippen LogP contribution < -0.4 is 4.90 Å². The van der Waals surface area contributed by atoms with Crippen LogP contribution in [-0.4, -0.2) is 11.8 Å². The third kappa shape index (κ3) is 2.04. The van der Waals surface area contributed by atoms with Crippen molar-refractivity contribution in [3.05, 3.63) is 28.2 Å². The second kappa shape index (κ2) is 5.54. The van der Waals surface area contributed by atoms with Gasteiger partial charge in [0.2, 0.25) is 11.8 Å². The van der Waals surface area contributed by atoms with E-state index in [0.29, 0.717) is 10.6 Å². The molecule has 4 unspecified atom stereocenters. The van der Waals surface area contributed by atoms with Crippen molar-refractivity contribution in [3.63, 3.8) is 0 Å². The molecule has 4 atom stereocenters. The summed E-state index contributed by atoms with van der Waals surface area (Å²) in [6, 6.07) is 2.32. The van der Waals surface area contributed by atoms with Gasteiger partial charge in [0, 0.05) is 4.88 Å². The van der Waals surface area contributed by atoms with Crippen LogP contribution in [0.15, 0.2) is 12.2 Å². The molecule has 5 heteroatoms. The fraction of sp³-hybridized carbons (Fsp3) is 0.550. The highest BCUT2D eigenvalue weighted by Crippen LogP contribution is 2.54. The molecule has 2 bridgehead atoms. The van der Waals surface area contributed by atoms with E-state index in [4.69, 9.17) is 0 Å². The zero-order chi connectivity index (χ0) is 17.1. The number of hydrogen-bond donors (Lipinski definition) is 0. The first-order valence-electron chi connectivity index (χ1n) is 9.31. The molecular weight excluding hydrogens is 332 g/mol. The van der Waals surface area contributed by atoms with Gasteiger partial charge in [0.05, 0.1) is 17.4 Å². The van der Waals surface area contributed by atoms with Crippen molar-refractivity contribution in [1.82, 2.24) is 0 Å². The molecule has 4 nitrogen and oxygen atoms in total. The Morgan fingerprint density at radius 2 is 1.64 bits per heavy atom. The number of nitrogens with zero attached hydrogens (tertiary/aromatic N) is 2. The van der Waals surface area contributed by atoms with E-state index >= 15 is 0 Å². The number of rotatable bonds is 1. The SMILES string of the molecule is N#Cc1c(N2C(=O)C3C4C=CC(C4)C3C2=O)sc2c1CCCCCC2. The first kappa shape index (κ1) is 15.3. The minimum atomic E-state index is -0.196. The second-order valence-corrected chi connectivity index (χ2v) is 8.81. The van der Waals surface area contributed by atoms with E-state index in [1.54, 1.807) is 0 Å². The van der Waals surface area contributed by atoms with Crippen LogP contribution in [0.4, 0.5) is 5.00 Å². The van der Waals surface area contributed by atoms with Crippen LogP contribution >= 0.6 is 11.3 Å². The van der Waals surface area contributed by atoms with Gasteiger partial charge in [-0.15, -0.1) is 11.3 Å². The predicted octanol–water partition coefficient (Wildman–Crippen LogP) is 3.59. The van der Waals surface area contributed by atoms with Crippen LogP contribution in [0.25, 0.3) is 0 Å². The Morgan fingerprint density at radius 1 is 1.00 bits per heavy atom. The van der Waals surface area contributed by atoms with Crippen molar-refractivity contribution in [2.75, 3.05) is 4.90 Å². The highest BCUT2D eigenvalue weighted by molar-refractivity contribution is 7.17. The molecule has 0 spiro atoms. The van der Waals surface area contributed by atoms with E-state index in [1.165, 1.54) is 34.0 Å². The molecule has 2 heterocycles. The lowest BCUT2D eigenvalue weighted by molar-refractivity contribution is -0.123. The second-order valence-electron chi connectivity index (χ2n) is 7.72. The number of thiophene rings is 1. The van der Waals surface area contributed by atoms with Gasteiger partial charge >= 0.3 is 0 Å². The molecule has 4 aliphatic rings. The number of hydrogen-bond acceptors (Lipinski definition) is 4. The summed E-state index contributed by atoms with van der Waals surface area (Å²) in [5, 5.41) is 10.4. The Balaban J connectivity index is 1.58. The molecule has 2 fully saturated rings. The summed E-state index contributed by atoms with van der Waals surface area (Å²) in [4.78, 5) is 28.7. The van der Waals surface area contributed by atoms with Crippen LogP contribution in [0, 0.1) is 35.0 Å². The van der Waals surface area contributed by atoms with Crippen molar-refractivity contribution in [3.8, 4) is 6.07 Å². The summed E-state index contributed by atoms with van der Waals surface area (Å²) in [5.41, 5.74) is 1.69. The minimum absolute atomic E-state index is 0.0717. The zero-order valence-corrected chi connectivity index (χ0v) is 14.8. The van der Waals surface area contributed by atoms with Crippen LogP contribution in [0.5, 0.6) is 0 Å². The van der Waals surface area contributed by atoms with Crippen LogP contribution in [0.1, 0.15) is 48.1 Å². The lowest BCUT2D eigenvalue weighted by atomic mass is 9.85. The number of allylic oxidation sites excluding steroid dienone is 2. The molecular formula is C20H20N2O2S. The smallest absolute Gasteiger partial charge is 0.238 e. The molecule has 1 aromatic heterocycles. The van der Waals surface area contributed by atoms with Gasteiger partial charge < -0.3 is 0 Å². The zero-order valence-electron chi connectivity index (χ0n) is 14.0. The van der Waals surface area contributed by atoms with E-state index in [0.717, 1.165) is 37.7 Å². The third-order valence-corrected chi connectivity index (χ3v) is 7.71. The standard InChI is InChI=1S/C20H20N2O2S/c21-10-14-13-5-3-1-2-4-6-15(13)25-20(14)22-18(23)16-11-7-8-12(9-11)17(16)19(22)24/h7-8,11-12,16-17H,1-6,9H2. The summed E-state index contributed by atoms with van der Waals surface area (Å²) in [6.07, 6.45) is 11.6. The normalized spacial score (nSPS) is 33.2. The maximum atomic E-state index is 13.1. The fourth-order valence-corrected chi connectivity index (χ4v) is 6.63. The molecule has 25 heavy (non-hydrogen) atoms. The molecule has 1 aromatic rings. The Hall–Kier alpha value is -1.93. The summed E-state index contributed by atoms with van der Waals surface area (Å²) >= 11 is 1.52. The van der Waals surface area contributed by atoms with Gasteiger partial charge in [-0.1, -0.05) is 25.0 Å². The van der Waals surface area contributed by atoms with Crippen LogP contribution in [0.2, 0.25) is 0 Å². The van der Waals surface area contributed by atoms with Gasteiger partial charge in [0.1, 0.15) is 11.1 Å². The monoisotopic (exact) mass is 352 g/mol. The highest BCUT2D eigenvalue weighted by Gasteiger charge is 2.60. The largest absolute Gasteiger partial charge is 0.274 e. The first-order chi connectivity index (χ1) is 12.2. The van der Waals surface area contributed by atoms with E-state index in [9.17, 15) is 14.9 Å². The van der Waals surface area contributed by atoms with E-state index in [-0.39, 0.29) is 35.5 Å². The highest BCUT2D eigenvalue weighted by atomic mass is 32.1. The Labute approximate surface area is 151 Å². The van der Waals surface area contributed by atoms with Crippen molar-refractivity contribution in [2.45, 2.75) is 44.9 Å². The number of carbonyl (C=O) groups is 2. The molecule has 2 amide bonds. The summed E-state index contributed by atoms with van der Waals surface area (Å²) < 4.78 is 0. The quantitative estimate of drug-likeness (QED) is 0.573. The Morgan fingerprint density at radius 3 is 2.28 bits per heavy atom. The fourth-order valence-electron chi connectivity index (χ4n) is 5.28. The molecule has 5 rings (SSSR count). The van der Waals surface area contributed by atoms with Gasteiger partial charge in [-0.05, 0) is 49.5 Å². The Bertz CT molecular complexity index is 817. The number of imide groups is 1. The minimum Gasteiger partial charge on any atom is -0.274 e. The van der Waals surface area contributed by atoms with Gasteiger partial charge in [0.25, 0.3) is 0 Å². The average molecular weight is 352 g/mol. The van der Waals surface area contributed by atoms with Crippen LogP contribution in [0.3, 0.4) is 0 Å². The maximum absolute atomic E-state index is 13.1. The number of carbonyl (C=O) groups excluding carboxylic acids is 2. The molecule has 1 saturated carbocycles. The average Bonchev–Trinajstić information content (AvgIpc) is 3.31. The topological polar surface area (TPSA) is 61.2 Å².